The number of hydrogen-bond donors (Lipinski definition) is 0. The van der Waals surface area contributed by atoms with Gasteiger partial charge in [0.2, 0.25) is 0 Å². The highest BCUT2D eigenvalue weighted by Crippen LogP contribution is 2.11. The minimum Gasteiger partial charge on any atom is -0.298 e. The fourth-order valence-corrected chi connectivity index (χ4v) is 1.24. The predicted octanol–water partition coefficient (Wildman–Crippen LogP) is 1.73. The lowest BCUT2D eigenvalue weighted by Crippen LogP contribution is -1.94. The van der Waals surface area contributed by atoms with Gasteiger partial charge in [-0.1, -0.05) is 11.6 Å². The Kier molecular flexibility index (Phi) is 2.28. The van der Waals surface area contributed by atoms with E-state index in [-0.39, 0.29) is 0 Å². The highest BCUT2D eigenvalue weighted by Gasteiger charge is 2.00. The number of carbonyl (C=O) groups is 1. The number of nitrogens with zero attached hydrogens (tertiary/aromatic N) is 3. The second-order valence-electron chi connectivity index (χ2n) is 2.67. The molecule has 0 saturated heterocycles. The largest absolute Gasteiger partial charge is 0.298 e. The molecule has 0 unspecified atom stereocenters. The number of hydrogen-bond acceptors (Lipinski definition) is 3. The second-order valence-corrected chi connectivity index (χ2v) is 3.06. The van der Waals surface area contributed by atoms with Gasteiger partial charge in [-0.15, -0.1) is 0 Å². The molecule has 0 bridgehead atoms. The van der Waals surface area contributed by atoms with Crippen LogP contribution >= 0.6 is 11.6 Å². The minimum absolute atomic E-state index is 0.394. The van der Waals surface area contributed by atoms with Crippen LogP contribution in [0.3, 0.4) is 0 Å². The topological polar surface area (TPSA) is 47.8 Å². The molecule has 2 heterocycles. The molecule has 5 heteroatoms. The van der Waals surface area contributed by atoms with Crippen LogP contribution in [0.4, 0.5) is 0 Å². The maximum atomic E-state index is 10.4. The van der Waals surface area contributed by atoms with Gasteiger partial charge >= 0.3 is 0 Å². The molecule has 4 nitrogen and oxygen atoms in total. The summed E-state index contributed by atoms with van der Waals surface area (Å²) in [6.07, 6.45) is 5.44. The third kappa shape index (κ3) is 1.65. The van der Waals surface area contributed by atoms with Crippen molar-refractivity contribution in [2.24, 2.45) is 0 Å². The summed E-state index contributed by atoms with van der Waals surface area (Å²) in [4.78, 5) is 14.3. The van der Waals surface area contributed by atoms with Crippen LogP contribution in [0.2, 0.25) is 5.15 Å². The first-order valence-electron chi connectivity index (χ1n) is 3.91. The molecule has 70 valence electrons. The lowest BCUT2D eigenvalue weighted by atomic mass is 10.4. The van der Waals surface area contributed by atoms with Gasteiger partial charge in [0, 0.05) is 18.5 Å². The summed E-state index contributed by atoms with van der Waals surface area (Å²) in [6, 6.07) is 3.43. The molecule has 0 spiro atoms. The molecule has 0 aliphatic heterocycles. The Hall–Kier alpha value is -1.68. The summed E-state index contributed by atoms with van der Waals surface area (Å²) in [5, 5.41) is 4.39. The van der Waals surface area contributed by atoms with E-state index in [1.54, 1.807) is 29.2 Å². The standard InChI is InChI=1S/C9H6ClN3O/c10-9-3-8(1-2-11-9)13-5-7(6-14)4-12-13/h1-6H. The third-order valence-electron chi connectivity index (χ3n) is 1.71. The summed E-state index contributed by atoms with van der Waals surface area (Å²) in [6.45, 7) is 0. The molecule has 0 aromatic carbocycles. The van der Waals surface area contributed by atoms with Crippen molar-refractivity contribution < 1.29 is 4.79 Å². The average Bonchev–Trinajstić information content (AvgIpc) is 2.66. The van der Waals surface area contributed by atoms with E-state index in [1.807, 2.05) is 0 Å². The molecular weight excluding hydrogens is 202 g/mol. The van der Waals surface area contributed by atoms with Crippen molar-refractivity contribution in [3.63, 3.8) is 0 Å². The molecule has 0 saturated carbocycles. The van der Waals surface area contributed by atoms with Crippen LogP contribution in [0.15, 0.2) is 30.7 Å². The van der Waals surface area contributed by atoms with E-state index in [0.717, 1.165) is 12.0 Å². The summed E-state index contributed by atoms with van der Waals surface area (Å²) in [5.74, 6) is 0. The third-order valence-corrected chi connectivity index (χ3v) is 1.92. The molecule has 14 heavy (non-hydrogen) atoms. The van der Waals surface area contributed by atoms with Gasteiger partial charge in [0.25, 0.3) is 0 Å². The lowest BCUT2D eigenvalue weighted by molar-refractivity contribution is 0.112. The number of carbonyl (C=O) groups excluding carboxylic acids is 1. The van der Waals surface area contributed by atoms with Crippen molar-refractivity contribution in [2.75, 3.05) is 0 Å². The summed E-state index contributed by atoms with van der Waals surface area (Å²) < 4.78 is 1.57. The first-order valence-corrected chi connectivity index (χ1v) is 4.29. The van der Waals surface area contributed by atoms with E-state index in [1.165, 1.54) is 6.20 Å². The smallest absolute Gasteiger partial charge is 0.153 e. The van der Waals surface area contributed by atoms with E-state index < -0.39 is 0 Å². The summed E-state index contributed by atoms with van der Waals surface area (Å²) in [5.41, 5.74) is 1.30. The van der Waals surface area contributed by atoms with Crippen LogP contribution in [0, 0.1) is 0 Å². The highest BCUT2D eigenvalue weighted by atomic mass is 35.5. The Labute approximate surface area is 85.1 Å². The zero-order valence-corrected chi connectivity index (χ0v) is 7.85. The number of rotatable bonds is 2. The molecule has 2 rings (SSSR count). The van der Waals surface area contributed by atoms with Crippen molar-refractivity contribution in [1.82, 2.24) is 14.8 Å². The van der Waals surface area contributed by atoms with Crippen molar-refractivity contribution in [3.05, 3.63) is 41.4 Å². The Morgan fingerprint density at radius 3 is 3.00 bits per heavy atom. The molecule has 0 fully saturated rings. The zero-order valence-electron chi connectivity index (χ0n) is 7.09. The van der Waals surface area contributed by atoms with Gasteiger partial charge in [-0.05, 0) is 6.07 Å². The van der Waals surface area contributed by atoms with Gasteiger partial charge in [0.15, 0.2) is 6.29 Å². The molecule has 2 aromatic heterocycles. The number of pyridine rings is 1. The molecule has 0 atom stereocenters. The van der Waals surface area contributed by atoms with Crippen LogP contribution in [0.25, 0.3) is 5.69 Å². The summed E-state index contributed by atoms with van der Waals surface area (Å²) >= 11 is 5.71. The van der Waals surface area contributed by atoms with Gasteiger partial charge in [-0.2, -0.15) is 5.10 Å². The van der Waals surface area contributed by atoms with E-state index in [0.29, 0.717) is 10.7 Å². The fourth-order valence-electron chi connectivity index (χ4n) is 1.07. The van der Waals surface area contributed by atoms with Gasteiger partial charge in [-0.3, -0.25) is 4.79 Å². The number of aldehydes is 1. The SMILES string of the molecule is O=Cc1cnn(-c2ccnc(Cl)c2)c1. The van der Waals surface area contributed by atoms with Gasteiger partial charge < -0.3 is 0 Å². The van der Waals surface area contributed by atoms with E-state index in [4.69, 9.17) is 11.6 Å². The molecule has 0 radical (unpaired) electrons. The molecule has 0 aliphatic carbocycles. The zero-order chi connectivity index (χ0) is 9.97. The molecule has 2 aromatic rings. The Morgan fingerprint density at radius 2 is 2.36 bits per heavy atom. The Balaban J connectivity index is 2.43. The fraction of sp³-hybridized carbons (Fsp3) is 0. The molecule has 0 aliphatic rings. The molecule has 0 amide bonds. The van der Waals surface area contributed by atoms with Crippen LogP contribution in [0.1, 0.15) is 10.4 Å². The van der Waals surface area contributed by atoms with Crippen molar-refractivity contribution in [1.29, 1.82) is 0 Å². The normalized spacial score (nSPS) is 10.1. The van der Waals surface area contributed by atoms with Crippen molar-refractivity contribution in [3.8, 4) is 5.69 Å². The maximum absolute atomic E-state index is 10.4. The van der Waals surface area contributed by atoms with Crippen LogP contribution in [-0.4, -0.2) is 21.1 Å². The Morgan fingerprint density at radius 1 is 1.50 bits per heavy atom. The first kappa shape index (κ1) is 8.90. The average molecular weight is 208 g/mol. The maximum Gasteiger partial charge on any atom is 0.153 e. The van der Waals surface area contributed by atoms with Crippen LogP contribution in [-0.2, 0) is 0 Å². The predicted molar refractivity (Wildman–Crippen MR) is 51.8 cm³/mol. The monoisotopic (exact) mass is 207 g/mol. The highest BCUT2D eigenvalue weighted by molar-refractivity contribution is 6.29. The summed E-state index contributed by atoms with van der Waals surface area (Å²) in [7, 11) is 0. The van der Waals surface area contributed by atoms with E-state index >= 15 is 0 Å². The van der Waals surface area contributed by atoms with E-state index in [2.05, 4.69) is 10.1 Å². The van der Waals surface area contributed by atoms with Gasteiger partial charge in [0.1, 0.15) is 5.15 Å². The Bertz CT molecular complexity index is 467. The minimum atomic E-state index is 0.394. The second kappa shape index (κ2) is 3.59. The number of aromatic nitrogens is 3. The molecule has 0 N–H and O–H groups in total. The first-order chi connectivity index (χ1) is 6.79. The van der Waals surface area contributed by atoms with Crippen molar-refractivity contribution in [2.45, 2.75) is 0 Å². The van der Waals surface area contributed by atoms with Crippen LogP contribution in [0.5, 0.6) is 0 Å². The lowest BCUT2D eigenvalue weighted by Gasteiger charge is -1.99. The van der Waals surface area contributed by atoms with Crippen molar-refractivity contribution >= 4 is 17.9 Å². The van der Waals surface area contributed by atoms with Crippen LogP contribution < -0.4 is 0 Å². The quantitative estimate of drug-likeness (QED) is 0.557. The van der Waals surface area contributed by atoms with Gasteiger partial charge in [-0.25, -0.2) is 9.67 Å². The van der Waals surface area contributed by atoms with E-state index in [9.17, 15) is 4.79 Å². The number of halogens is 1. The van der Waals surface area contributed by atoms with Gasteiger partial charge in [0.05, 0.1) is 17.4 Å². The molecular formula is C9H6ClN3O.